The van der Waals surface area contributed by atoms with Gasteiger partial charge in [0, 0.05) is 12.1 Å². The molecule has 1 unspecified atom stereocenters. The Morgan fingerprint density at radius 3 is 2.16 bits per heavy atom. The fraction of sp³-hybridized carbons (Fsp3) is 0.857. The minimum atomic E-state index is -0.880. The summed E-state index contributed by atoms with van der Waals surface area (Å²) in [6.07, 6.45) is 6.87. The largest absolute Gasteiger partial charge is 0.480 e. The molecule has 5 heteroatoms. The van der Waals surface area contributed by atoms with Gasteiger partial charge in [0.15, 0.2) is 0 Å². The Bertz CT molecular complexity index is 349. The fourth-order valence-electron chi connectivity index (χ4n) is 2.86. The van der Waals surface area contributed by atoms with Crippen LogP contribution in [-0.2, 0) is 9.59 Å². The van der Waals surface area contributed by atoms with Crippen LogP contribution < -0.4 is 0 Å². The molecule has 1 N–H and O–H groups in total. The Morgan fingerprint density at radius 2 is 1.68 bits per heavy atom. The summed E-state index contributed by atoms with van der Waals surface area (Å²) in [7, 11) is 1.70. The van der Waals surface area contributed by atoms with Crippen LogP contribution in [0.25, 0.3) is 0 Å². The quantitative estimate of drug-likeness (QED) is 0.789. The van der Waals surface area contributed by atoms with Gasteiger partial charge in [0.2, 0.25) is 5.91 Å². The van der Waals surface area contributed by atoms with Crippen LogP contribution in [-0.4, -0.2) is 58.5 Å². The summed E-state index contributed by atoms with van der Waals surface area (Å²) < 4.78 is 0. The number of rotatable bonds is 6. The molecule has 0 aromatic heterocycles. The summed E-state index contributed by atoms with van der Waals surface area (Å²) in [5, 5.41) is 8.97. The van der Waals surface area contributed by atoms with Gasteiger partial charge in [-0.2, -0.15) is 0 Å². The molecule has 2 aliphatic carbocycles. The molecule has 5 nitrogen and oxygen atoms in total. The molecular weight excluding hydrogens is 244 g/mol. The second-order valence-electron chi connectivity index (χ2n) is 5.90. The van der Waals surface area contributed by atoms with Gasteiger partial charge in [-0.05, 0) is 39.7 Å². The van der Waals surface area contributed by atoms with Crippen LogP contribution in [0.1, 0.15) is 45.4 Å². The summed E-state index contributed by atoms with van der Waals surface area (Å²) in [5.41, 5.74) is 0. The lowest BCUT2D eigenvalue weighted by atomic mass is 10.2. The zero-order valence-electron chi connectivity index (χ0n) is 11.8. The van der Waals surface area contributed by atoms with E-state index in [4.69, 9.17) is 5.11 Å². The molecule has 0 heterocycles. The van der Waals surface area contributed by atoms with E-state index in [1.165, 1.54) is 12.8 Å². The van der Waals surface area contributed by atoms with E-state index in [-0.39, 0.29) is 12.5 Å². The number of aliphatic carboxylic acids is 1. The van der Waals surface area contributed by atoms with Crippen LogP contribution in [0.5, 0.6) is 0 Å². The van der Waals surface area contributed by atoms with Crippen molar-refractivity contribution in [1.29, 1.82) is 0 Å². The number of carboxylic acids is 1. The first kappa shape index (κ1) is 14.3. The minimum absolute atomic E-state index is 0.102. The van der Waals surface area contributed by atoms with Crippen molar-refractivity contribution in [2.45, 2.75) is 63.6 Å². The lowest BCUT2D eigenvalue weighted by Crippen LogP contribution is -2.48. The molecule has 0 bridgehead atoms. The van der Waals surface area contributed by atoms with E-state index in [1.807, 2.05) is 0 Å². The first-order valence-corrected chi connectivity index (χ1v) is 7.25. The third-order valence-electron chi connectivity index (χ3n) is 4.35. The normalized spacial score (nSPS) is 21.6. The summed E-state index contributed by atoms with van der Waals surface area (Å²) in [5.74, 6) is -0.779. The predicted octanol–water partition coefficient (Wildman–Crippen LogP) is 1.32. The van der Waals surface area contributed by atoms with Gasteiger partial charge in [0.05, 0.1) is 6.54 Å². The first-order chi connectivity index (χ1) is 9.00. The van der Waals surface area contributed by atoms with E-state index in [9.17, 15) is 9.59 Å². The van der Waals surface area contributed by atoms with Crippen molar-refractivity contribution >= 4 is 11.9 Å². The average Bonchev–Trinajstić information content (AvgIpc) is 3.03. The number of hydrogen-bond donors (Lipinski definition) is 1. The summed E-state index contributed by atoms with van der Waals surface area (Å²) in [4.78, 5) is 27.0. The Hall–Kier alpha value is -1.10. The number of hydrogen-bond acceptors (Lipinski definition) is 3. The van der Waals surface area contributed by atoms with Crippen molar-refractivity contribution in [3.8, 4) is 0 Å². The number of likely N-dealkylation sites (N-methyl/N-ethyl adjacent to an activating group) is 1. The van der Waals surface area contributed by atoms with E-state index < -0.39 is 12.0 Å². The van der Waals surface area contributed by atoms with Gasteiger partial charge in [-0.15, -0.1) is 0 Å². The number of carbonyl (C=O) groups excluding carboxylic acids is 1. The van der Waals surface area contributed by atoms with Crippen molar-refractivity contribution in [2.75, 3.05) is 13.6 Å². The summed E-state index contributed by atoms with van der Waals surface area (Å²) >= 11 is 0. The van der Waals surface area contributed by atoms with Crippen LogP contribution >= 0.6 is 0 Å². The smallest absolute Gasteiger partial charge is 0.320 e. The number of amides is 1. The second kappa shape index (κ2) is 5.90. The van der Waals surface area contributed by atoms with Crippen molar-refractivity contribution in [2.24, 2.45) is 0 Å². The molecule has 19 heavy (non-hydrogen) atoms. The average molecular weight is 268 g/mol. The highest BCUT2D eigenvalue weighted by Crippen LogP contribution is 2.34. The third-order valence-corrected chi connectivity index (χ3v) is 4.35. The van der Waals surface area contributed by atoms with Crippen molar-refractivity contribution < 1.29 is 14.7 Å². The summed E-state index contributed by atoms with van der Waals surface area (Å²) in [6.45, 7) is 1.83. The van der Waals surface area contributed by atoms with E-state index in [2.05, 4.69) is 4.90 Å². The Labute approximate surface area is 114 Å². The maximum absolute atomic E-state index is 12.4. The molecule has 108 valence electrons. The molecule has 2 fully saturated rings. The fourth-order valence-corrected chi connectivity index (χ4v) is 2.86. The van der Waals surface area contributed by atoms with Gasteiger partial charge in [-0.3, -0.25) is 14.5 Å². The zero-order valence-corrected chi connectivity index (χ0v) is 11.8. The molecule has 2 rings (SSSR count). The van der Waals surface area contributed by atoms with Crippen molar-refractivity contribution in [1.82, 2.24) is 9.80 Å². The first-order valence-electron chi connectivity index (χ1n) is 7.25. The van der Waals surface area contributed by atoms with Gasteiger partial charge in [-0.1, -0.05) is 12.8 Å². The Morgan fingerprint density at radius 1 is 1.16 bits per heavy atom. The molecule has 0 aromatic carbocycles. The molecule has 2 aliphatic rings. The predicted molar refractivity (Wildman–Crippen MR) is 71.9 cm³/mol. The van der Waals surface area contributed by atoms with Gasteiger partial charge in [0.25, 0.3) is 0 Å². The Balaban J connectivity index is 1.94. The molecule has 0 aromatic rings. The minimum Gasteiger partial charge on any atom is -0.480 e. The highest BCUT2D eigenvalue weighted by atomic mass is 16.4. The standard InChI is InChI=1S/C14H24N2O3/c1-10(14(18)19)15(2)9-13(17)16(12-7-8-12)11-5-3-4-6-11/h10-12H,3-9H2,1-2H3,(H,18,19). The SMILES string of the molecule is CC(C(=O)O)N(C)CC(=O)N(C1CCCC1)C1CC1. The molecule has 0 aliphatic heterocycles. The monoisotopic (exact) mass is 268 g/mol. The molecule has 1 amide bonds. The van der Waals surface area contributed by atoms with Crippen molar-refractivity contribution in [3.63, 3.8) is 0 Å². The number of nitrogens with zero attached hydrogens (tertiary/aromatic N) is 2. The van der Waals surface area contributed by atoms with Crippen LogP contribution in [0.4, 0.5) is 0 Å². The van der Waals surface area contributed by atoms with Crippen LogP contribution in [0.15, 0.2) is 0 Å². The van der Waals surface area contributed by atoms with Gasteiger partial charge in [-0.25, -0.2) is 0 Å². The van der Waals surface area contributed by atoms with E-state index in [0.29, 0.717) is 12.1 Å². The topological polar surface area (TPSA) is 60.9 Å². The molecule has 1 atom stereocenters. The molecule has 0 spiro atoms. The maximum Gasteiger partial charge on any atom is 0.320 e. The Kier molecular flexibility index (Phi) is 4.45. The zero-order chi connectivity index (χ0) is 14.0. The van der Waals surface area contributed by atoms with Crippen LogP contribution in [0, 0.1) is 0 Å². The lowest BCUT2D eigenvalue weighted by molar-refractivity contribution is -0.144. The van der Waals surface area contributed by atoms with Crippen LogP contribution in [0.3, 0.4) is 0 Å². The highest BCUT2D eigenvalue weighted by molar-refractivity contribution is 5.80. The highest BCUT2D eigenvalue weighted by Gasteiger charge is 2.38. The van der Waals surface area contributed by atoms with E-state index in [0.717, 1.165) is 25.7 Å². The van der Waals surface area contributed by atoms with E-state index in [1.54, 1.807) is 18.9 Å². The molecule has 0 radical (unpaired) electrons. The molecule has 0 saturated heterocycles. The number of carbonyl (C=O) groups is 2. The second-order valence-corrected chi connectivity index (χ2v) is 5.90. The van der Waals surface area contributed by atoms with Gasteiger partial charge in [0.1, 0.15) is 6.04 Å². The third kappa shape index (κ3) is 3.47. The lowest BCUT2D eigenvalue weighted by Gasteiger charge is -2.31. The molecular formula is C14H24N2O3. The van der Waals surface area contributed by atoms with Crippen molar-refractivity contribution in [3.05, 3.63) is 0 Å². The molecule has 2 saturated carbocycles. The number of carboxylic acid groups (broad SMARTS) is 1. The van der Waals surface area contributed by atoms with Gasteiger partial charge < -0.3 is 10.0 Å². The summed E-state index contributed by atoms with van der Waals surface area (Å²) in [6, 6.07) is 0.200. The van der Waals surface area contributed by atoms with E-state index >= 15 is 0 Å². The van der Waals surface area contributed by atoms with Gasteiger partial charge >= 0.3 is 5.97 Å². The maximum atomic E-state index is 12.4. The van der Waals surface area contributed by atoms with Crippen LogP contribution in [0.2, 0.25) is 0 Å².